The van der Waals surface area contributed by atoms with E-state index in [1.54, 1.807) is 43.5 Å². The first-order valence-corrected chi connectivity index (χ1v) is 11.5. The number of ether oxygens (including phenoxy) is 4. The van der Waals surface area contributed by atoms with E-state index in [0.29, 0.717) is 47.0 Å². The quantitative estimate of drug-likeness (QED) is 0.131. The number of hydrogen-bond donors (Lipinski definition) is 0. The molecule has 0 aliphatic carbocycles. The van der Waals surface area contributed by atoms with E-state index < -0.39 is 4.92 Å². The van der Waals surface area contributed by atoms with Crippen molar-refractivity contribution in [3.05, 3.63) is 123 Å². The van der Waals surface area contributed by atoms with Crippen molar-refractivity contribution in [2.75, 3.05) is 7.11 Å². The number of aldehydes is 1. The molecule has 8 heteroatoms. The minimum Gasteiger partial charge on any atom is -0.493 e. The largest absolute Gasteiger partial charge is 0.493 e. The highest BCUT2D eigenvalue weighted by atomic mass is 16.6. The molecule has 0 radical (unpaired) electrons. The predicted octanol–water partition coefficient (Wildman–Crippen LogP) is 6.15. The van der Waals surface area contributed by atoms with Gasteiger partial charge in [-0.2, -0.15) is 0 Å². The van der Waals surface area contributed by atoms with Crippen LogP contribution in [0.25, 0.3) is 0 Å². The molecule has 0 fully saturated rings. The normalized spacial score (nSPS) is 10.4. The van der Waals surface area contributed by atoms with Gasteiger partial charge in [0.25, 0.3) is 5.69 Å². The van der Waals surface area contributed by atoms with Crippen molar-refractivity contribution < 1.29 is 28.7 Å². The van der Waals surface area contributed by atoms with E-state index in [9.17, 15) is 14.9 Å². The second-order valence-electron chi connectivity index (χ2n) is 8.07. The van der Waals surface area contributed by atoms with Gasteiger partial charge < -0.3 is 18.9 Å². The molecule has 37 heavy (non-hydrogen) atoms. The summed E-state index contributed by atoms with van der Waals surface area (Å²) in [5.74, 6) is 2.08. The Hall–Kier alpha value is -4.85. The Kier molecular flexibility index (Phi) is 8.33. The molecule has 0 bridgehead atoms. The molecule has 0 aliphatic rings. The summed E-state index contributed by atoms with van der Waals surface area (Å²) in [6.45, 7) is 0.546. The summed E-state index contributed by atoms with van der Waals surface area (Å²) in [4.78, 5) is 22.0. The summed E-state index contributed by atoms with van der Waals surface area (Å²) in [6.07, 6.45) is 0.709. The van der Waals surface area contributed by atoms with E-state index >= 15 is 0 Å². The number of benzene rings is 4. The predicted molar refractivity (Wildman–Crippen MR) is 137 cm³/mol. The Labute approximate surface area is 214 Å². The molecule has 4 rings (SSSR count). The molecule has 0 spiro atoms. The third kappa shape index (κ3) is 6.85. The van der Waals surface area contributed by atoms with Crippen LogP contribution in [0.2, 0.25) is 0 Å². The van der Waals surface area contributed by atoms with Crippen LogP contribution in [0.4, 0.5) is 5.69 Å². The van der Waals surface area contributed by atoms with E-state index in [-0.39, 0.29) is 18.9 Å². The Morgan fingerprint density at radius 2 is 1.49 bits per heavy atom. The summed E-state index contributed by atoms with van der Waals surface area (Å²) >= 11 is 0. The Morgan fingerprint density at radius 1 is 0.730 bits per heavy atom. The summed E-state index contributed by atoms with van der Waals surface area (Å²) in [7, 11) is 1.58. The summed E-state index contributed by atoms with van der Waals surface area (Å²) in [5.41, 5.74) is 2.59. The van der Waals surface area contributed by atoms with Gasteiger partial charge in [-0.15, -0.1) is 0 Å². The maximum absolute atomic E-state index is 11.5. The molecule has 0 atom stereocenters. The second-order valence-corrected chi connectivity index (χ2v) is 8.07. The third-order valence-electron chi connectivity index (χ3n) is 5.51. The molecular weight excluding hydrogens is 474 g/mol. The van der Waals surface area contributed by atoms with Gasteiger partial charge >= 0.3 is 0 Å². The summed E-state index contributed by atoms with van der Waals surface area (Å²) in [5, 5.41) is 11.5. The second kappa shape index (κ2) is 12.2. The highest BCUT2D eigenvalue weighted by Gasteiger charge is 2.16. The van der Waals surface area contributed by atoms with Crippen LogP contribution in [0.1, 0.15) is 27.0 Å². The number of rotatable bonds is 12. The van der Waals surface area contributed by atoms with E-state index in [4.69, 9.17) is 18.9 Å². The lowest BCUT2D eigenvalue weighted by Gasteiger charge is -2.14. The number of nitrogens with zero attached hydrogens (tertiary/aromatic N) is 1. The standard InChI is InChI=1S/C29H25NO7/c1-34-28-13-10-23(15-29(28)37-18-21-6-3-2-4-7-21)19-35-26-11-12-27(30(32)33)24(16-26)20-36-25-9-5-8-22(14-25)17-31/h2-17H,18-20H2,1H3. The van der Waals surface area contributed by atoms with Crippen LogP contribution in [0.15, 0.2) is 91.0 Å². The third-order valence-corrected chi connectivity index (χ3v) is 5.51. The van der Waals surface area contributed by atoms with Gasteiger partial charge in [-0.25, -0.2) is 0 Å². The first-order valence-electron chi connectivity index (χ1n) is 11.5. The van der Waals surface area contributed by atoms with Gasteiger partial charge in [-0.3, -0.25) is 14.9 Å². The zero-order chi connectivity index (χ0) is 26.0. The van der Waals surface area contributed by atoms with Crippen LogP contribution >= 0.6 is 0 Å². The molecular formula is C29H25NO7. The fourth-order valence-corrected chi connectivity index (χ4v) is 3.61. The molecule has 0 saturated heterocycles. The van der Waals surface area contributed by atoms with E-state index in [2.05, 4.69) is 0 Å². The molecule has 0 heterocycles. The SMILES string of the molecule is COc1ccc(COc2ccc([N+](=O)[O-])c(COc3cccc(C=O)c3)c2)cc1OCc1ccccc1. The smallest absolute Gasteiger partial charge is 0.276 e. The van der Waals surface area contributed by atoms with Crippen LogP contribution in [-0.2, 0) is 19.8 Å². The topological polar surface area (TPSA) is 97.1 Å². The Morgan fingerprint density at radius 3 is 2.24 bits per heavy atom. The van der Waals surface area contributed by atoms with Crippen molar-refractivity contribution in [3.63, 3.8) is 0 Å². The summed E-state index contributed by atoms with van der Waals surface area (Å²) in [6, 6.07) is 26.4. The van der Waals surface area contributed by atoms with Crippen LogP contribution in [-0.4, -0.2) is 18.3 Å². The number of methoxy groups -OCH3 is 1. The van der Waals surface area contributed by atoms with Crippen molar-refractivity contribution in [1.82, 2.24) is 0 Å². The van der Waals surface area contributed by atoms with Crippen molar-refractivity contribution in [3.8, 4) is 23.0 Å². The fraction of sp³-hybridized carbons (Fsp3) is 0.138. The molecule has 0 N–H and O–H groups in total. The number of carbonyl (C=O) groups excluding carboxylic acids is 1. The average molecular weight is 500 g/mol. The number of hydrogen-bond acceptors (Lipinski definition) is 7. The van der Waals surface area contributed by atoms with E-state index in [0.717, 1.165) is 11.1 Å². The Balaban J connectivity index is 1.45. The molecule has 8 nitrogen and oxygen atoms in total. The van der Waals surface area contributed by atoms with Gasteiger partial charge in [-0.05, 0) is 47.5 Å². The lowest BCUT2D eigenvalue weighted by atomic mass is 10.1. The van der Waals surface area contributed by atoms with Crippen molar-refractivity contribution in [2.45, 2.75) is 19.8 Å². The molecule has 0 aromatic heterocycles. The summed E-state index contributed by atoms with van der Waals surface area (Å²) < 4.78 is 23.0. The highest BCUT2D eigenvalue weighted by molar-refractivity contribution is 5.75. The van der Waals surface area contributed by atoms with Gasteiger partial charge in [0.1, 0.15) is 37.6 Å². The van der Waals surface area contributed by atoms with Gasteiger partial charge in [0.2, 0.25) is 0 Å². The van der Waals surface area contributed by atoms with E-state index in [1.165, 1.54) is 6.07 Å². The molecule has 4 aromatic carbocycles. The van der Waals surface area contributed by atoms with Crippen molar-refractivity contribution in [2.24, 2.45) is 0 Å². The minimum atomic E-state index is -0.468. The number of nitro groups is 1. The average Bonchev–Trinajstić information content (AvgIpc) is 2.94. The fourth-order valence-electron chi connectivity index (χ4n) is 3.61. The lowest BCUT2D eigenvalue weighted by molar-refractivity contribution is -0.385. The first kappa shape index (κ1) is 25.2. The van der Waals surface area contributed by atoms with E-state index in [1.807, 2.05) is 48.5 Å². The zero-order valence-electron chi connectivity index (χ0n) is 20.2. The van der Waals surface area contributed by atoms with Crippen molar-refractivity contribution in [1.29, 1.82) is 0 Å². The maximum Gasteiger partial charge on any atom is 0.276 e. The Bertz CT molecular complexity index is 1370. The number of carbonyl (C=O) groups is 1. The lowest BCUT2D eigenvalue weighted by Crippen LogP contribution is -2.03. The van der Waals surface area contributed by atoms with Crippen LogP contribution in [0.5, 0.6) is 23.0 Å². The van der Waals surface area contributed by atoms with Crippen LogP contribution in [0, 0.1) is 10.1 Å². The van der Waals surface area contributed by atoms with Gasteiger partial charge in [0, 0.05) is 11.6 Å². The molecule has 0 saturated carbocycles. The zero-order valence-corrected chi connectivity index (χ0v) is 20.2. The van der Waals surface area contributed by atoms with Gasteiger partial charge in [0.15, 0.2) is 11.5 Å². The molecule has 4 aromatic rings. The number of nitro benzene ring substituents is 1. The monoisotopic (exact) mass is 499 g/mol. The molecule has 0 amide bonds. The first-order chi connectivity index (χ1) is 18.1. The van der Waals surface area contributed by atoms with Crippen LogP contribution < -0.4 is 18.9 Å². The van der Waals surface area contributed by atoms with Crippen LogP contribution in [0.3, 0.4) is 0 Å². The minimum absolute atomic E-state index is 0.0597. The van der Waals surface area contributed by atoms with Gasteiger partial charge in [0.05, 0.1) is 17.6 Å². The molecule has 0 unspecified atom stereocenters. The van der Waals surface area contributed by atoms with Crippen molar-refractivity contribution >= 4 is 12.0 Å². The molecule has 0 aliphatic heterocycles. The highest BCUT2D eigenvalue weighted by Crippen LogP contribution is 2.30. The maximum atomic E-state index is 11.5. The van der Waals surface area contributed by atoms with Gasteiger partial charge in [-0.1, -0.05) is 48.5 Å². The molecule has 188 valence electrons.